The molecule has 1 fully saturated rings. The van der Waals surface area contributed by atoms with Gasteiger partial charge in [0, 0.05) is 47.2 Å². The first-order valence-corrected chi connectivity index (χ1v) is 36.7. The molecule has 0 saturated carbocycles. The van der Waals surface area contributed by atoms with Crippen LogP contribution >= 0.6 is 23.2 Å². The van der Waals surface area contributed by atoms with Crippen molar-refractivity contribution in [3.63, 3.8) is 0 Å². The van der Waals surface area contributed by atoms with Crippen molar-refractivity contribution in [1.29, 1.82) is 0 Å². The highest BCUT2D eigenvalue weighted by molar-refractivity contribution is 6.33. The number of rotatable bonds is 16. The van der Waals surface area contributed by atoms with Crippen LogP contribution in [0.15, 0.2) is 115 Å². The van der Waals surface area contributed by atoms with Crippen molar-refractivity contribution in [1.82, 2.24) is 42.5 Å². The lowest BCUT2D eigenvalue weighted by atomic mass is 9.89. The molecule has 590 valence electrons. The number of hydrogen-bond acceptors (Lipinski definition) is 24. The van der Waals surface area contributed by atoms with Crippen LogP contribution in [0.1, 0.15) is 146 Å². The summed E-state index contributed by atoms with van der Waals surface area (Å²) in [5, 5.41) is 124. The van der Waals surface area contributed by atoms with Crippen LogP contribution in [0.3, 0.4) is 0 Å². The first-order valence-electron chi connectivity index (χ1n) is 35.9. The molecule has 7 aromatic rings. The van der Waals surface area contributed by atoms with Gasteiger partial charge in [-0.1, -0.05) is 112 Å². The molecule has 0 spiro atoms. The highest BCUT2D eigenvalue weighted by atomic mass is 35.5. The quantitative estimate of drug-likeness (QED) is 0.0344. The molecule has 17 bridgehead atoms. The molecule has 17 N–H and O–H groups in total. The standard InChI is InChI=1S/C78H80Cl2N8O24/c1-4-5-6-7-8-9-10-11-12-13-55(94)83-64-66(96)67(97)69(77(106)107-3)112-78(64)111-68-53-28-38-29-54(68)110-51-23-18-37(26-45(51)79)65(95)63-75(103)87-62(76(104)105)43-30-39(89)31-49(92)56(43)42-25-35(16-21-47(42)90)59(72(100)88-63)84-73(101)60(38)85-74(102)61-44-32-41(33-50(93)57(44)80)109-52-27-36(17-22-48(52)91)58(81-2)71(99)82-46(70(98)86-61)24-34-14-19-40(108-53)20-15-34/h14-23,25-33,46,58-67,69,78,81,89-93,95-97H,4-13,24H2,1-3H3,(H,82,99)(H,83,94)(H,84,101)(H,85,102)(H,86,98)(H,87,103)(H,88,100)(H,104,105)/t46-,58+,59-,60-,61+,62-,63+,64-,65-,66-,67+,69+,78-/m1/s1. The molecule has 13 atom stereocenters. The number of unbranched alkanes of at least 4 members (excludes halogenated alkanes) is 8. The summed E-state index contributed by atoms with van der Waals surface area (Å²) in [6.45, 7) is 2.12. The molecule has 0 radical (unpaired) electrons. The maximum absolute atomic E-state index is 16.4. The van der Waals surface area contributed by atoms with Crippen molar-refractivity contribution >= 4 is 76.5 Å². The van der Waals surface area contributed by atoms with Gasteiger partial charge in [0.25, 0.3) is 0 Å². The van der Waals surface area contributed by atoms with Crippen molar-refractivity contribution in [2.75, 3.05) is 14.2 Å². The summed E-state index contributed by atoms with van der Waals surface area (Å²) in [6, 6.07) is 6.04. The normalized spacial score (nSPS) is 23.6. The maximum atomic E-state index is 16.4. The first-order chi connectivity index (χ1) is 53.6. The molecule has 7 aliphatic rings. The van der Waals surface area contributed by atoms with Crippen LogP contribution in [0, 0.1) is 0 Å². The second-order valence-corrected chi connectivity index (χ2v) is 28.3. The third-order valence-electron chi connectivity index (χ3n) is 19.8. The molecule has 7 heterocycles. The number of aliphatic carboxylic acids is 1. The number of ether oxygens (including phenoxy) is 6. The number of aromatic hydroxyl groups is 5. The number of hydrogen-bond donors (Lipinski definition) is 17. The Morgan fingerprint density at radius 1 is 0.554 bits per heavy atom. The number of likely N-dealkylation sites (N-methyl/N-ethyl adjacent to an activating group) is 1. The number of methoxy groups -OCH3 is 1. The fourth-order valence-electron chi connectivity index (χ4n) is 14.0. The zero-order chi connectivity index (χ0) is 80.1. The molecule has 0 aromatic heterocycles. The number of nitrogens with one attached hydrogen (secondary N) is 8. The van der Waals surface area contributed by atoms with Gasteiger partial charge in [0.2, 0.25) is 53.4 Å². The molecule has 0 unspecified atom stereocenters. The van der Waals surface area contributed by atoms with E-state index in [1.165, 1.54) is 49.5 Å². The van der Waals surface area contributed by atoms with Crippen LogP contribution < -0.4 is 61.5 Å². The van der Waals surface area contributed by atoms with E-state index >= 15 is 19.2 Å². The van der Waals surface area contributed by atoms with Gasteiger partial charge in [0.1, 0.15) is 101 Å². The molecule has 1 saturated heterocycles. The van der Waals surface area contributed by atoms with Crippen molar-refractivity contribution in [2.45, 2.75) is 157 Å². The third kappa shape index (κ3) is 17.3. The summed E-state index contributed by atoms with van der Waals surface area (Å²) < 4.78 is 37.5. The van der Waals surface area contributed by atoms with E-state index in [-0.39, 0.29) is 52.5 Å². The van der Waals surface area contributed by atoms with E-state index in [0.29, 0.717) is 18.4 Å². The Balaban J connectivity index is 1.09. The van der Waals surface area contributed by atoms with E-state index in [1.807, 2.05) is 0 Å². The van der Waals surface area contributed by atoms with E-state index < -0.39 is 216 Å². The largest absolute Gasteiger partial charge is 0.508 e. The molecule has 7 amide bonds. The predicted octanol–water partition coefficient (Wildman–Crippen LogP) is 6.94. The lowest BCUT2D eigenvalue weighted by molar-refractivity contribution is -0.242. The van der Waals surface area contributed by atoms with Crippen LogP contribution in [0.25, 0.3) is 11.1 Å². The smallest absolute Gasteiger partial charge is 0.337 e. The predicted molar refractivity (Wildman–Crippen MR) is 395 cm³/mol. The van der Waals surface area contributed by atoms with E-state index in [1.54, 1.807) is 0 Å². The Morgan fingerprint density at radius 3 is 1.87 bits per heavy atom. The molecule has 34 heteroatoms. The number of carboxylic acid groups (broad SMARTS) is 1. The van der Waals surface area contributed by atoms with Crippen LogP contribution in [-0.4, -0.2) is 156 Å². The molecular formula is C78H80Cl2N8O24. The van der Waals surface area contributed by atoms with Crippen molar-refractivity contribution < 1.29 is 118 Å². The number of aliphatic hydroxyl groups excluding tert-OH is 3. The summed E-state index contributed by atoms with van der Waals surface area (Å²) in [7, 11) is 2.41. The number of halogens is 2. The van der Waals surface area contributed by atoms with Gasteiger partial charge < -0.3 is 117 Å². The number of phenolic OH excluding ortho intramolecular Hbond substituents is 5. The Bertz CT molecular complexity index is 4840. The van der Waals surface area contributed by atoms with Gasteiger partial charge in [-0.25, -0.2) is 9.59 Å². The molecule has 112 heavy (non-hydrogen) atoms. The van der Waals surface area contributed by atoms with Crippen molar-refractivity contribution in [3.8, 4) is 80.1 Å². The SMILES string of the molecule is CCCCCCCCCCCC(=O)N[C@H]1[C@H](Oc2c3cc4cc2Oc2ccc(cc2Cl)[C@@H](O)[C@@H]2NC(=O)[C@H](NC(=O)[C@@H]4NC(=O)[C@H]4NC(=O)[C@@H](Cc5ccc(cc5)O3)NC(=O)[C@@H](NC)c3ccc(O)c(c3)Oc3cc(O)c(Cl)c4c3)c3ccc(O)c(c3)-c3c(O)cc(O)cc3[C@H](C(=O)O)NC2=O)O[C@H](C(=O)OC)[C@@H](O)[C@@H]1O. The second-order valence-electron chi connectivity index (χ2n) is 27.5. The lowest BCUT2D eigenvalue weighted by Crippen LogP contribution is -2.66. The van der Waals surface area contributed by atoms with Crippen LogP contribution in [-0.2, 0) is 59.0 Å². The van der Waals surface area contributed by atoms with Gasteiger partial charge in [-0.05, 0) is 114 Å². The number of benzene rings is 7. The summed E-state index contributed by atoms with van der Waals surface area (Å²) >= 11 is 14.1. The van der Waals surface area contributed by atoms with Crippen LogP contribution in [0.5, 0.6) is 69.0 Å². The Kier molecular flexibility index (Phi) is 24.5. The Hall–Kier alpha value is -11.7. The molecule has 7 aliphatic heterocycles. The molecule has 7 aromatic carbocycles. The Morgan fingerprint density at radius 2 is 1.18 bits per heavy atom. The molecular weight excluding hydrogens is 1500 g/mol. The van der Waals surface area contributed by atoms with E-state index in [2.05, 4.69) is 49.5 Å². The number of phenols is 5. The van der Waals surface area contributed by atoms with E-state index in [4.69, 9.17) is 51.6 Å². The van der Waals surface area contributed by atoms with E-state index in [0.717, 1.165) is 125 Å². The summed E-state index contributed by atoms with van der Waals surface area (Å²) in [5.41, 5.74) is -2.57. The minimum Gasteiger partial charge on any atom is -0.508 e. The maximum Gasteiger partial charge on any atom is 0.337 e. The Labute approximate surface area is 648 Å². The zero-order valence-electron chi connectivity index (χ0n) is 60.2. The average molecular weight is 1580 g/mol. The fourth-order valence-corrected chi connectivity index (χ4v) is 14.4. The van der Waals surface area contributed by atoms with Gasteiger partial charge in [-0.15, -0.1) is 0 Å². The third-order valence-corrected chi connectivity index (χ3v) is 20.5. The molecule has 14 rings (SSSR count). The number of aliphatic hydroxyl groups is 3. The number of carboxylic acids is 1. The number of carbonyl (C=O) groups excluding carboxylic acids is 8. The van der Waals surface area contributed by atoms with Gasteiger partial charge >= 0.3 is 11.9 Å². The highest BCUT2D eigenvalue weighted by Crippen LogP contribution is 2.50. The topological polar surface area (TPSA) is 487 Å². The average Bonchev–Trinajstić information content (AvgIpc) is 0.811. The van der Waals surface area contributed by atoms with Crippen LogP contribution in [0.2, 0.25) is 10.0 Å². The van der Waals surface area contributed by atoms with Gasteiger partial charge in [0.15, 0.2) is 35.1 Å². The highest BCUT2D eigenvalue weighted by Gasteiger charge is 2.51. The van der Waals surface area contributed by atoms with Gasteiger partial charge in [-0.2, -0.15) is 0 Å². The minimum absolute atomic E-state index is 0.0933. The van der Waals surface area contributed by atoms with Crippen LogP contribution in [0.4, 0.5) is 0 Å². The second kappa shape index (κ2) is 34.3. The molecule has 32 nitrogen and oxygen atoms in total. The fraction of sp³-hybridized carbons (Fsp3) is 0.346. The summed E-state index contributed by atoms with van der Waals surface area (Å²) in [5.74, 6) is -17.7. The first kappa shape index (κ1) is 79.9. The molecule has 0 aliphatic carbocycles. The van der Waals surface area contributed by atoms with Gasteiger partial charge in [0.05, 0.1) is 17.2 Å². The van der Waals surface area contributed by atoms with Crippen molar-refractivity contribution in [3.05, 3.63) is 164 Å². The number of esters is 1. The number of amides is 7. The number of fused-ring (bicyclic) bond motifs is 14. The monoisotopic (exact) mass is 1580 g/mol. The summed E-state index contributed by atoms with van der Waals surface area (Å²) in [6.07, 6.45) is -2.82. The van der Waals surface area contributed by atoms with Crippen molar-refractivity contribution in [2.24, 2.45) is 0 Å². The van der Waals surface area contributed by atoms with Gasteiger partial charge in [-0.3, -0.25) is 33.6 Å². The van der Waals surface area contributed by atoms with E-state index in [9.17, 15) is 69.9 Å². The number of carbonyl (C=O) groups is 9. The summed E-state index contributed by atoms with van der Waals surface area (Å²) in [4.78, 5) is 134. The lowest BCUT2D eigenvalue weighted by Gasteiger charge is -2.41. The zero-order valence-corrected chi connectivity index (χ0v) is 61.7. The minimum atomic E-state index is -2.37.